The molecule has 0 aliphatic rings. The Morgan fingerprint density at radius 2 is 1.89 bits per heavy atom. The molecule has 0 saturated carbocycles. The Kier molecular flexibility index (Phi) is 4.46. The van der Waals surface area contributed by atoms with Gasteiger partial charge in [-0.15, -0.1) is 11.3 Å². The lowest BCUT2D eigenvalue weighted by molar-refractivity contribution is 1.05. The topological polar surface area (TPSA) is 62.7 Å². The fourth-order valence-corrected chi connectivity index (χ4v) is 2.29. The molecule has 0 saturated heterocycles. The highest BCUT2D eigenvalue weighted by molar-refractivity contribution is 7.11. The van der Waals surface area contributed by atoms with Crippen LogP contribution in [0.5, 0.6) is 0 Å². The molecule has 96 valence electrons. The van der Waals surface area contributed by atoms with Crippen LogP contribution in [-0.2, 0) is 13.0 Å². The molecule has 0 amide bonds. The van der Waals surface area contributed by atoms with E-state index in [0.29, 0.717) is 6.54 Å². The first-order valence-electron chi connectivity index (χ1n) is 6.05. The first-order valence-corrected chi connectivity index (χ1v) is 6.86. The molecule has 2 heterocycles. The summed E-state index contributed by atoms with van der Waals surface area (Å²) in [5, 5.41) is 7.49. The summed E-state index contributed by atoms with van der Waals surface area (Å²) >= 11 is 1.73. The summed E-state index contributed by atoms with van der Waals surface area (Å²) < 4.78 is 0. The normalized spacial score (nSPS) is 10.3. The highest BCUT2D eigenvalue weighted by atomic mass is 32.1. The molecule has 0 bridgehead atoms. The molecule has 0 spiro atoms. The van der Waals surface area contributed by atoms with Gasteiger partial charge in [0.25, 0.3) is 0 Å². The van der Waals surface area contributed by atoms with Crippen LogP contribution in [0.15, 0.2) is 18.6 Å². The average Bonchev–Trinajstić information content (AvgIpc) is 2.85. The lowest BCUT2D eigenvalue weighted by Crippen LogP contribution is -2.04. The van der Waals surface area contributed by atoms with E-state index in [2.05, 4.69) is 32.5 Å². The van der Waals surface area contributed by atoms with E-state index >= 15 is 0 Å². The first kappa shape index (κ1) is 12.8. The minimum absolute atomic E-state index is 0.702. The SMILES string of the molecule is CCNc1cc(NCc2ncc(CC)s2)ncn1. The van der Waals surface area contributed by atoms with Crippen molar-refractivity contribution in [3.8, 4) is 0 Å². The molecule has 2 N–H and O–H groups in total. The van der Waals surface area contributed by atoms with Crippen LogP contribution >= 0.6 is 11.3 Å². The average molecular weight is 263 g/mol. The van der Waals surface area contributed by atoms with Crippen molar-refractivity contribution in [2.45, 2.75) is 26.8 Å². The Bertz CT molecular complexity index is 497. The van der Waals surface area contributed by atoms with E-state index in [1.54, 1.807) is 17.7 Å². The van der Waals surface area contributed by atoms with Gasteiger partial charge in [0, 0.05) is 23.7 Å². The molecule has 0 aliphatic heterocycles. The third-order valence-electron chi connectivity index (χ3n) is 2.40. The van der Waals surface area contributed by atoms with E-state index in [0.717, 1.165) is 29.6 Å². The summed E-state index contributed by atoms with van der Waals surface area (Å²) in [4.78, 5) is 14.0. The van der Waals surface area contributed by atoms with Crippen LogP contribution in [0.2, 0.25) is 0 Å². The van der Waals surface area contributed by atoms with Crippen molar-refractivity contribution in [1.29, 1.82) is 0 Å². The second-order valence-corrected chi connectivity index (χ2v) is 4.95. The van der Waals surface area contributed by atoms with Crippen LogP contribution in [0, 0.1) is 0 Å². The maximum absolute atomic E-state index is 4.36. The van der Waals surface area contributed by atoms with Gasteiger partial charge in [0.1, 0.15) is 23.0 Å². The van der Waals surface area contributed by atoms with E-state index in [-0.39, 0.29) is 0 Å². The molecule has 0 unspecified atom stereocenters. The van der Waals surface area contributed by atoms with Gasteiger partial charge in [0.15, 0.2) is 0 Å². The quantitative estimate of drug-likeness (QED) is 0.838. The predicted molar refractivity (Wildman–Crippen MR) is 75.0 cm³/mol. The van der Waals surface area contributed by atoms with E-state index < -0.39 is 0 Å². The van der Waals surface area contributed by atoms with Crippen LogP contribution in [0.25, 0.3) is 0 Å². The number of nitrogens with one attached hydrogen (secondary N) is 2. The number of thiazole rings is 1. The standard InChI is InChI=1S/C12H17N5S/c1-3-9-6-15-12(18-9)7-14-11-5-10(13-4-2)16-8-17-11/h5-6,8H,3-4,7H2,1-2H3,(H2,13,14,16,17). The molecule has 6 heteroatoms. The Balaban J connectivity index is 1.94. The molecular formula is C12H17N5S. The summed E-state index contributed by atoms with van der Waals surface area (Å²) in [6.07, 6.45) is 4.53. The molecule has 0 radical (unpaired) electrons. The highest BCUT2D eigenvalue weighted by Gasteiger charge is 2.02. The van der Waals surface area contributed by atoms with Crippen LogP contribution in [0.1, 0.15) is 23.7 Å². The minimum atomic E-state index is 0.702. The number of hydrogen-bond donors (Lipinski definition) is 2. The van der Waals surface area contributed by atoms with Crippen molar-refractivity contribution in [3.63, 3.8) is 0 Å². The van der Waals surface area contributed by atoms with Gasteiger partial charge in [-0.25, -0.2) is 15.0 Å². The van der Waals surface area contributed by atoms with Crippen molar-refractivity contribution < 1.29 is 0 Å². The minimum Gasteiger partial charge on any atom is -0.370 e. The van der Waals surface area contributed by atoms with Gasteiger partial charge < -0.3 is 10.6 Å². The Labute approximate surface area is 111 Å². The third kappa shape index (κ3) is 3.40. The molecule has 0 fully saturated rings. The van der Waals surface area contributed by atoms with Crippen molar-refractivity contribution >= 4 is 23.0 Å². The monoisotopic (exact) mass is 263 g/mol. The molecular weight excluding hydrogens is 246 g/mol. The largest absolute Gasteiger partial charge is 0.370 e. The lowest BCUT2D eigenvalue weighted by atomic mass is 10.4. The van der Waals surface area contributed by atoms with E-state index in [4.69, 9.17) is 0 Å². The Hall–Kier alpha value is -1.69. The van der Waals surface area contributed by atoms with E-state index in [1.165, 1.54) is 4.88 Å². The number of anilines is 2. The van der Waals surface area contributed by atoms with Gasteiger partial charge in [-0.2, -0.15) is 0 Å². The number of rotatable bonds is 6. The number of aryl methyl sites for hydroxylation is 1. The predicted octanol–water partition coefficient (Wildman–Crippen LogP) is 2.54. The first-order chi connectivity index (χ1) is 8.81. The van der Waals surface area contributed by atoms with E-state index in [9.17, 15) is 0 Å². The molecule has 5 nitrogen and oxygen atoms in total. The second-order valence-electron chi connectivity index (χ2n) is 3.75. The Morgan fingerprint density at radius 1 is 1.11 bits per heavy atom. The molecule has 18 heavy (non-hydrogen) atoms. The number of aromatic nitrogens is 3. The van der Waals surface area contributed by atoms with Crippen molar-refractivity contribution in [3.05, 3.63) is 28.5 Å². The molecule has 0 aliphatic carbocycles. The highest BCUT2D eigenvalue weighted by Crippen LogP contribution is 2.15. The van der Waals surface area contributed by atoms with Gasteiger partial charge in [-0.05, 0) is 13.3 Å². The summed E-state index contributed by atoms with van der Waals surface area (Å²) in [5.41, 5.74) is 0. The summed E-state index contributed by atoms with van der Waals surface area (Å²) in [7, 11) is 0. The van der Waals surface area contributed by atoms with Crippen LogP contribution in [0.3, 0.4) is 0 Å². The van der Waals surface area contributed by atoms with Gasteiger partial charge in [-0.1, -0.05) is 6.92 Å². The van der Waals surface area contributed by atoms with Gasteiger partial charge >= 0.3 is 0 Å². The Morgan fingerprint density at radius 3 is 2.56 bits per heavy atom. The zero-order valence-electron chi connectivity index (χ0n) is 10.6. The third-order valence-corrected chi connectivity index (χ3v) is 3.54. The maximum atomic E-state index is 4.36. The summed E-state index contributed by atoms with van der Waals surface area (Å²) in [6, 6.07) is 1.90. The zero-order chi connectivity index (χ0) is 12.8. The van der Waals surface area contributed by atoms with Crippen LogP contribution in [0.4, 0.5) is 11.6 Å². The summed E-state index contributed by atoms with van der Waals surface area (Å²) in [5.74, 6) is 1.65. The smallest absolute Gasteiger partial charge is 0.131 e. The summed E-state index contributed by atoms with van der Waals surface area (Å²) in [6.45, 7) is 5.73. The molecule has 2 aromatic rings. The number of hydrogen-bond acceptors (Lipinski definition) is 6. The van der Waals surface area contributed by atoms with Gasteiger partial charge in [0.05, 0.1) is 6.54 Å². The fourth-order valence-electron chi connectivity index (χ4n) is 1.49. The van der Waals surface area contributed by atoms with Crippen molar-refractivity contribution in [1.82, 2.24) is 15.0 Å². The van der Waals surface area contributed by atoms with Gasteiger partial charge in [-0.3, -0.25) is 0 Å². The molecule has 0 aromatic carbocycles. The maximum Gasteiger partial charge on any atom is 0.131 e. The van der Waals surface area contributed by atoms with Crippen LogP contribution in [-0.4, -0.2) is 21.5 Å². The van der Waals surface area contributed by atoms with E-state index in [1.807, 2.05) is 19.2 Å². The molecule has 2 aromatic heterocycles. The second kappa shape index (κ2) is 6.30. The zero-order valence-corrected chi connectivity index (χ0v) is 11.4. The van der Waals surface area contributed by atoms with Crippen LogP contribution < -0.4 is 10.6 Å². The molecule has 2 rings (SSSR count). The fraction of sp³-hybridized carbons (Fsp3) is 0.417. The van der Waals surface area contributed by atoms with Gasteiger partial charge in [0.2, 0.25) is 0 Å². The number of nitrogens with zero attached hydrogens (tertiary/aromatic N) is 3. The van der Waals surface area contributed by atoms with Crippen molar-refractivity contribution in [2.24, 2.45) is 0 Å². The molecule has 0 atom stereocenters. The van der Waals surface area contributed by atoms with Crippen molar-refractivity contribution in [2.75, 3.05) is 17.2 Å². The lowest BCUT2D eigenvalue weighted by Gasteiger charge is -2.05.